The molecule has 0 unspecified atom stereocenters. The maximum absolute atomic E-state index is 12.3. The van der Waals surface area contributed by atoms with E-state index in [9.17, 15) is 9.59 Å². The van der Waals surface area contributed by atoms with Crippen LogP contribution < -0.4 is 10.1 Å². The third-order valence-electron chi connectivity index (χ3n) is 4.60. The molecule has 1 aromatic heterocycles. The van der Waals surface area contributed by atoms with E-state index in [0.717, 1.165) is 32.8 Å². The number of hydrogen-bond acceptors (Lipinski definition) is 5. The number of carbonyl (C=O) groups excluding carboxylic acids is 1. The van der Waals surface area contributed by atoms with Crippen molar-refractivity contribution in [3.8, 4) is 11.5 Å². The maximum Gasteiger partial charge on any atom is 0.335 e. The highest BCUT2D eigenvalue weighted by atomic mass is 32.1. The first kappa shape index (κ1) is 20.6. The summed E-state index contributed by atoms with van der Waals surface area (Å²) in [5, 5.41) is 12.6. The Morgan fingerprint density at radius 3 is 2.65 bits per heavy atom. The Morgan fingerprint density at radius 2 is 1.84 bits per heavy atom. The van der Waals surface area contributed by atoms with E-state index in [0.29, 0.717) is 5.01 Å². The van der Waals surface area contributed by atoms with Crippen LogP contribution in [0.4, 0.5) is 0 Å². The van der Waals surface area contributed by atoms with Crippen molar-refractivity contribution in [3.63, 3.8) is 0 Å². The lowest BCUT2D eigenvalue weighted by molar-refractivity contribution is -0.120. The number of aromatic carboxylic acids is 1. The molecule has 7 heteroatoms. The van der Waals surface area contributed by atoms with Crippen LogP contribution in [0.1, 0.15) is 26.5 Å². The zero-order valence-corrected chi connectivity index (χ0v) is 17.6. The van der Waals surface area contributed by atoms with Gasteiger partial charge in [-0.05, 0) is 54.4 Å². The first-order chi connectivity index (χ1) is 15.0. The van der Waals surface area contributed by atoms with E-state index in [-0.39, 0.29) is 24.4 Å². The fourth-order valence-electron chi connectivity index (χ4n) is 3.12. The van der Waals surface area contributed by atoms with E-state index in [2.05, 4.69) is 10.3 Å². The summed E-state index contributed by atoms with van der Waals surface area (Å²) in [7, 11) is 0. The lowest BCUT2D eigenvalue weighted by atomic mass is 10.1. The minimum Gasteiger partial charge on any atom is -0.478 e. The van der Waals surface area contributed by atoms with E-state index in [1.165, 1.54) is 17.4 Å². The lowest BCUT2D eigenvalue weighted by Gasteiger charge is -2.05. The van der Waals surface area contributed by atoms with Crippen LogP contribution in [-0.4, -0.2) is 22.0 Å². The molecule has 156 valence electrons. The Hall–Kier alpha value is -3.71. The largest absolute Gasteiger partial charge is 0.478 e. The Bertz CT molecular complexity index is 1270. The summed E-state index contributed by atoms with van der Waals surface area (Å²) in [6.45, 7) is 2.28. The molecule has 31 heavy (non-hydrogen) atoms. The van der Waals surface area contributed by atoms with Gasteiger partial charge >= 0.3 is 5.97 Å². The van der Waals surface area contributed by atoms with Gasteiger partial charge in [-0.15, -0.1) is 11.3 Å². The fraction of sp³-hybridized carbons (Fsp3) is 0.125. The first-order valence-corrected chi connectivity index (χ1v) is 10.5. The summed E-state index contributed by atoms with van der Waals surface area (Å²) in [5.74, 6) is 0.330. The van der Waals surface area contributed by atoms with Crippen molar-refractivity contribution >= 4 is 33.4 Å². The summed E-state index contributed by atoms with van der Waals surface area (Å²) in [5.41, 5.74) is 2.87. The van der Waals surface area contributed by atoms with Crippen molar-refractivity contribution in [2.75, 3.05) is 0 Å². The number of nitrogens with zero attached hydrogens (tertiary/aromatic N) is 1. The Labute approximate surface area is 183 Å². The van der Waals surface area contributed by atoms with Gasteiger partial charge in [0.15, 0.2) is 0 Å². The number of benzene rings is 3. The molecule has 4 rings (SSSR count). The summed E-state index contributed by atoms with van der Waals surface area (Å²) in [6, 6.07) is 20.0. The van der Waals surface area contributed by atoms with Crippen LogP contribution in [0.5, 0.6) is 11.5 Å². The molecular weight excluding hydrogens is 412 g/mol. The summed E-state index contributed by atoms with van der Waals surface area (Å²) in [6.07, 6.45) is 0.159. The number of carboxylic acids is 1. The zero-order valence-electron chi connectivity index (χ0n) is 16.8. The number of aromatic nitrogens is 1. The lowest BCUT2D eigenvalue weighted by Crippen LogP contribution is -2.24. The van der Waals surface area contributed by atoms with E-state index >= 15 is 0 Å². The second-order valence-electron chi connectivity index (χ2n) is 7.11. The molecule has 0 aliphatic carbocycles. The number of thiazole rings is 1. The quantitative estimate of drug-likeness (QED) is 0.431. The number of carboxylic acid groups (broad SMARTS) is 1. The number of amides is 1. The molecule has 0 spiro atoms. The molecule has 0 aliphatic rings. The van der Waals surface area contributed by atoms with Crippen LogP contribution in [0.25, 0.3) is 10.2 Å². The maximum atomic E-state index is 12.3. The number of nitrogens with one attached hydrogen (secondary N) is 1. The zero-order chi connectivity index (χ0) is 21.8. The molecule has 0 bridgehead atoms. The minimum atomic E-state index is -0.992. The van der Waals surface area contributed by atoms with Crippen molar-refractivity contribution in [1.29, 1.82) is 0 Å². The van der Waals surface area contributed by atoms with E-state index in [4.69, 9.17) is 9.84 Å². The standard InChI is InChI=1S/C24H20N2O4S/c1-15-4-2-7-18(10-15)30-19-8-9-20-21(12-19)31-23(26-20)13-22(27)25-14-16-5-3-6-17(11-16)24(28)29/h2-12H,13-14H2,1H3,(H,25,27)(H,28,29). The highest BCUT2D eigenvalue weighted by Gasteiger charge is 2.11. The molecule has 6 nitrogen and oxygen atoms in total. The van der Waals surface area contributed by atoms with Crippen LogP contribution in [0.3, 0.4) is 0 Å². The average molecular weight is 433 g/mol. The minimum absolute atomic E-state index is 0.159. The molecule has 1 amide bonds. The summed E-state index contributed by atoms with van der Waals surface area (Å²) >= 11 is 1.45. The molecule has 2 N–H and O–H groups in total. The van der Waals surface area contributed by atoms with Crippen molar-refractivity contribution in [2.24, 2.45) is 0 Å². The Kier molecular flexibility index (Phi) is 5.95. The molecule has 0 aliphatic heterocycles. The molecule has 1 heterocycles. The van der Waals surface area contributed by atoms with Gasteiger partial charge in [-0.3, -0.25) is 4.79 Å². The molecule has 0 saturated heterocycles. The predicted molar refractivity (Wildman–Crippen MR) is 120 cm³/mol. The number of ether oxygens (including phenoxy) is 1. The highest BCUT2D eigenvalue weighted by molar-refractivity contribution is 7.18. The van der Waals surface area contributed by atoms with Gasteiger partial charge in [0.05, 0.1) is 22.2 Å². The number of fused-ring (bicyclic) bond motifs is 1. The summed E-state index contributed by atoms with van der Waals surface area (Å²) in [4.78, 5) is 27.9. The van der Waals surface area contributed by atoms with Crippen molar-refractivity contribution in [3.05, 3.63) is 88.4 Å². The fourth-order valence-corrected chi connectivity index (χ4v) is 4.12. The monoisotopic (exact) mass is 432 g/mol. The third-order valence-corrected chi connectivity index (χ3v) is 5.62. The molecule has 0 atom stereocenters. The average Bonchev–Trinajstić information content (AvgIpc) is 3.14. The van der Waals surface area contributed by atoms with Gasteiger partial charge in [-0.2, -0.15) is 0 Å². The first-order valence-electron chi connectivity index (χ1n) is 9.69. The molecule has 0 saturated carbocycles. The van der Waals surface area contributed by atoms with Gasteiger partial charge in [-0.1, -0.05) is 24.3 Å². The highest BCUT2D eigenvalue weighted by Crippen LogP contribution is 2.29. The third kappa shape index (κ3) is 5.26. The molecule has 4 aromatic rings. The van der Waals surface area contributed by atoms with Gasteiger partial charge in [-0.25, -0.2) is 9.78 Å². The van der Waals surface area contributed by atoms with Gasteiger partial charge in [0.25, 0.3) is 0 Å². The molecule has 0 fully saturated rings. The number of carbonyl (C=O) groups is 2. The number of aryl methyl sites for hydroxylation is 1. The van der Waals surface area contributed by atoms with Crippen molar-refractivity contribution < 1.29 is 19.4 Å². The normalized spacial score (nSPS) is 10.7. The van der Waals surface area contributed by atoms with E-state index in [1.807, 2.05) is 49.4 Å². The molecule has 3 aromatic carbocycles. The van der Waals surface area contributed by atoms with Crippen LogP contribution in [-0.2, 0) is 17.8 Å². The SMILES string of the molecule is Cc1cccc(Oc2ccc3nc(CC(=O)NCc4cccc(C(=O)O)c4)sc3c2)c1. The molecular formula is C24H20N2O4S. The number of rotatable bonds is 7. The van der Waals surface area contributed by atoms with Crippen LogP contribution >= 0.6 is 11.3 Å². The smallest absolute Gasteiger partial charge is 0.335 e. The van der Waals surface area contributed by atoms with Gasteiger partial charge in [0.2, 0.25) is 5.91 Å². The van der Waals surface area contributed by atoms with Crippen molar-refractivity contribution in [2.45, 2.75) is 19.9 Å². The Balaban J connectivity index is 1.39. The van der Waals surface area contributed by atoms with Crippen LogP contribution in [0.2, 0.25) is 0 Å². The van der Waals surface area contributed by atoms with Crippen molar-refractivity contribution in [1.82, 2.24) is 10.3 Å². The second-order valence-corrected chi connectivity index (χ2v) is 8.23. The van der Waals surface area contributed by atoms with Crippen LogP contribution in [0.15, 0.2) is 66.7 Å². The van der Waals surface area contributed by atoms with E-state index < -0.39 is 5.97 Å². The number of hydrogen-bond donors (Lipinski definition) is 2. The van der Waals surface area contributed by atoms with Gasteiger partial charge in [0, 0.05) is 12.6 Å². The molecule has 0 radical (unpaired) electrons. The van der Waals surface area contributed by atoms with Gasteiger partial charge in [0.1, 0.15) is 16.5 Å². The van der Waals surface area contributed by atoms with E-state index in [1.54, 1.807) is 18.2 Å². The second kappa shape index (κ2) is 8.97. The summed E-state index contributed by atoms with van der Waals surface area (Å²) < 4.78 is 6.88. The topological polar surface area (TPSA) is 88.5 Å². The Morgan fingerprint density at radius 1 is 1.03 bits per heavy atom. The predicted octanol–water partition coefficient (Wildman–Crippen LogP) is 4.95. The van der Waals surface area contributed by atoms with Gasteiger partial charge < -0.3 is 15.2 Å². The van der Waals surface area contributed by atoms with Crippen LogP contribution in [0, 0.1) is 6.92 Å².